The highest BCUT2D eigenvalue weighted by molar-refractivity contribution is 7.88. The molecule has 0 aliphatic heterocycles. The molecule has 1 rings (SSSR count). The Bertz CT molecular complexity index is 403. The SMILES string of the molecule is CCC[C@@H](C)NC(=O)CN(C1CCCCC1)S(C)(=O)=O. The van der Waals surface area contributed by atoms with E-state index in [0.29, 0.717) is 0 Å². The number of rotatable bonds is 7. The van der Waals surface area contributed by atoms with Crippen molar-refractivity contribution in [2.45, 2.75) is 70.9 Å². The van der Waals surface area contributed by atoms with Gasteiger partial charge in [0.25, 0.3) is 0 Å². The summed E-state index contributed by atoms with van der Waals surface area (Å²) in [5.41, 5.74) is 0. The molecular formula is C14H28N2O3S. The third-order valence-electron chi connectivity index (χ3n) is 3.84. The molecule has 118 valence electrons. The number of carbonyl (C=O) groups is 1. The molecule has 1 saturated carbocycles. The maximum absolute atomic E-state index is 12.0. The van der Waals surface area contributed by atoms with Crippen LogP contribution in [0.2, 0.25) is 0 Å². The fourth-order valence-electron chi connectivity index (χ4n) is 2.85. The maximum atomic E-state index is 12.0. The predicted octanol–water partition coefficient (Wildman–Crippen LogP) is 1.89. The van der Waals surface area contributed by atoms with Gasteiger partial charge in [0, 0.05) is 12.1 Å². The number of nitrogens with one attached hydrogen (secondary N) is 1. The lowest BCUT2D eigenvalue weighted by atomic mass is 9.95. The third kappa shape index (κ3) is 5.79. The van der Waals surface area contributed by atoms with E-state index in [-0.39, 0.29) is 24.5 Å². The fourth-order valence-corrected chi connectivity index (χ4v) is 3.96. The molecule has 1 atom stereocenters. The summed E-state index contributed by atoms with van der Waals surface area (Å²) < 4.78 is 25.2. The topological polar surface area (TPSA) is 66.5 Å². The molecule has 1 aliphatic rings. The summed E-state index contributed by atoms with van der Waals surface area (Å²) in [5.74, 6) is -0.193. The van der Waals surface area contributed by atoms with Crippen LogP contribution >= 0.6 is 0 Å². The van der Waals surface area contributed by atoms with Crippen molar-refractivity contribution in [3.8, 4) is 0 Å². The van der Waals surface area contributed by atoms with E-state index >= 15 is 0 Å². The van der Waals surface area contributed by atoms with E-state index in [9.17, 15) is 13.2 Å². The smallest absolute Gasteiger partial charge is 0.235 e. The molecular weight excluding hydrogens is 276 g/mol. The van der Waals surface area contributed by atoms with Crippen molar-refractivity contribution in [1.29, 1.82) is 0 Å². The van der Waals surface area contributed by atoms with E-state index in [1.807, 2.05) is 6.92 Å². The van der Waals surface area contributed by atoms with E-state index in [1.54, 1.807) is 0 Å². The van der Waals surface area contributed by atoms with Gasteiger partial charge in [0.05, 0.1) is 12.8 Å². The van der Waals surface area contributed by atoms with Gasteiger partial charge in [-0.15, -0.1) is 0 Å². The Kier molecular flexibility index (Phi) is 6.95. The van der Waals surface area contributed by atoms with Gasteiger partial charge in [-0.05, 0) is 26.2 Å². The van der Waals surface area contributed by atoms with Crippen LogP contribution in [-0.4, -0.2) is 43.5 Å². The minimum atomic E-state index is -3.34. The lowest BCUT2D eigenvalue weighted by molar-refractivity contribution is -0.122. The van der Waals surface area contributed by atoms with Crippen molar-refractivity contribution in [1.82, 2.24) is 9.62 Å². The normalized spacial score (nSPS) is 19.0. The zero-order chi connectivity index (χ0) is 15.2. The van der Waals surface area contributed by atoms with E-state index in [2.05, 4.69) is 12.2 Å². The van der Waals surface area contributed by atoms with Gasteiger partial charge in [0.15, 0.2) is 0 Å². The number of nitrogens with zero attached hydrogens (tertiary/aromatic N) is 1. The number of hydrogen-bond acceptors (Lipinski definition) is 3. The average molecular weight is 304 g/mol. The van der Waals surface area contributed by atoms with Gasteiger partial charge < -0.3 is 5.32 Å². The Balaban J connectivity index is 2.63. The summed E-state index contributed by atoms with van der Waals surface area (Å²) in [6.45, 7) is 3.97. The number of amides is 1. The Hall–Kier alpha value is -0.620. The molecule has 20 heavy (non-hydrogen) atoms. The van der Waals surface area contributed by atoms with Crippen molar-refractivity contribution in [2.75, 3.05) is 12.8 Å². The van der Waals surface area contributed by atoms with Crippen molar-refractivity contribution in [2.24, 2.45) is 0 Å². The number of hydrogen-bond donors (Lipinski definition) is 1. The first-order valence-electron chi connectivity index (χ1n) is 7.60. The first-order valence-corrected chi connectivity index (χ1v) is 9.45. The Morgan fingerprint density at radius 2 is 1.90 bits per heavy atom. The zero-order valence-corrected chi connectivity index (χ0v) is 13.7. The second-order valence-electron chi connectivity index (χ2n) is 5.86. The van der Waals surface area contributed by atoms with E-state index in [1.165, 1.54) is 10.6 Å². The van der Waals surface area contributed by atoms with E-state index in [0.717, 1.165) is 44.9 Å². The molecule has 0 heterocycles. The quantitative estimate of drug-likeness (QED) is 0.781. The molecule has 1 aliphatic carbocycles. The third-order valence-corrected chi connectivity index (χ3v) is 5.12. The minimum Gasteiger partial charge on any atom is -0.353 e. The lowest BCUT2D eigenvalue weighted by Gasteiger charge is -2.32. The first kappa shape index (κ1) is 17.4. The monoisotopic (exact) mass is 304 g/mol. The lowest BCUT2D eigenvalue weighted by Crippen LogP contribution is -2.48. The zero-order valence-electron chi connectivity index (χ0n) is 12.9. The largest absolute Gasteiger partial charge is 0.353 e. The fraction of sp³-hybridized carbons (Fsp3) is 0.929. The molecule has 0 saturated heterocycles. The minimum absolute atomic E-state index is 0.00835. The van der Waals surface area contributed by atoms with Gasteiger partial charge in [0.2, 0.25) is 15.9 Å². The Labute approximate surface area is 123 Å². The van der Waals surface area contributed by atoms with Crippen LogP contribution in [-0.2, 0) is 14.8 Å². The second kappa shape index (κ2) is 7.98. The Morgan fingerprint density at radius 1 is 1.30 bits per heavy atom. The van der Waals surface area contributed by atoms with Gasteiger partial charge in [-0.1, -0.05) is 32.6 Å². The van der Waals surface area contributed by atoms with Crippen LogP contribution in [0.15, 0.2) is 0 Å². The molecule has 6 heteroatoms. The van der Waals surface area contributed by atoms with Crippen LogP contribution in [0.1, 0.15) is 58.8 Å². The molecule has 0 bridgehead atoms. The molecule has 1 fully saturated rings. The number of carbonyl (C=O) groups excluding carboxylic acids is 1. The second-order valence-corrected chi connectivity index (χ2v) is 7.79. The summed E-state index contributed by atoms with van der Waals surface area (Å²) in [6, 6.07) is 0.0891. The number of sulfonamides is 1. The average Bonchev–Trinajstić information content (AvgIpc) is 2.36. The summed E-state index contributed by atoms with van der Waals surface area (Å²) in [7, 11) is -3.34. The highest BCUT2D eigenvalue weighted by atomic mass is 32.2. The van der Waals surface area contributed by atoms with E-state index < -0.39 is 10.0 Å². The molecule has 0 unspecified atom stereocenters. The van der Waals surface area contributed by atoms with Crippen LogP contribution in [0, 0.1) is 0 Å². The van der Waals surface area contributed by atoms with Crippen LogP contribution < -0.4 is 5.32 Å². The highest BCUT2D eigenvalue weighted by Gasteiger charge is 2.29. The molecule has 0 radical (unpaired) electrons. The summed E-state index contributed by atoms with van der Waals surface area (Å²) >= 11 is 0. The van der Waals surface area contributed by atoms with Gasteiger partial charge in [0.1, 0.15) is 0 Å². The van der Waals surface area contributed by atoms with Gasteiger partial charge in [-0.3, -0.25) is 4.79 Å². The molecule has 1 N–H and O–H groups in total. The van der Waals surface area contributed by atoms with Crippen LogP contribution in [0.5, 0.6) is 0 Å². The van der Waals surface area contributed by atoms with Crippen molar-refractivity contribution in [3.63, 3.8) is 0 Å². The molecule has 0 aromatic rings. The molecule has 0 aromatic heterocycles. The van der Waals surface area contributed by atoms with Crippen LogP contribution in [0.3, 0.4) is 0 Å². The van der Waals surface area contributed by atoms with Crippen molar-refractivity contribution >= 4 is 15.9 Å². The molecule has 5 nitrogen and oxygen atoms in total. The van der Waals surface area contributed by atoms with Crippen molar-refractivity contribution < 1.29 is 13.2 Å². The van der Waals surface area contributed by atoms with Gasteiger partial charge in [-0.25, -0.2) is 8.42 Å². The Morgan fingerprint density at radius 3 is 2.40 bits per heavy atom. The van der Waals surface area contributed by atoms with Gasteiger partial charge in [-0.2, -0.15) is 4.31 Å². The highest BCUT2D eigenvalue weighted by Crippen LogP contribution is 2.24. The van der Waals surface area contributed by atoms with Crippen molar-refractivity contribution in [3.05, 3.63) is 0 Å². The maximum Gasteiger partial charge on any atom is 0.235 e. The first-order chi connectivity index (χ1) is 9.34. The van der Waals surface area contributed by atoms with Crippen LogP contribution in [0.25, 0.3) is 0 Å². The molecule has 1 amide bonds. The summed E-state index contributed by atoms with van der Waals surface area (Å²) in [6.07, 6.45) is 8.09. The standard InChI is InChI=1S/C14H28N2O3S/c1-4-8-12(2)15-14(17)11-16(20(3,18)19)13-9-6-5-7-10-13/h12-13H,4-11H2,1-3H3,(H,15,17)/t12-/m1/s1. The van der Waals surface area contributed by atoms with E-state index in [4.69, 9.17) is 0 Å². The summed E-state index contributed by atoms with van der Waals surface area (Å²) in [4.78, 5) is 12.0. The predicted molar refractivity (Wildman–Crippen MR) is 80.9 cm³/mol. The molecule has 0 aromatic carbocycles. The summed E-state index contributed by atoms with van der Waals surface area (Å²) in [5, 5.41) is 2.88. The van der Waals surface area contributed by atoms with Crippen LogP contribution in [0.4, 0.5) is 0 Å². The molecule has 0 spiro atoms. The van der Waals surface area contributed by atoms with Gasteiger partial charge >= 0.3 is 0 Å².